The number of aldehydes is 1. The van der Waals surface area contributed by atoms with Crippen LogP contribution in [0.4, 0.5) is 0 Å². The average Bonchev–Trinajstić information content (AvgIpc) is 2.45. The second kappa shape index (κ2) is 6.24. The number of halogens is 2. The van der Waals surface area contributed by atoms with E-state index in [1.807, 2.05) is 0 Å². The molecular weight excluding hydrogens is 333 g/mol. The summed E-state index contributed by atoms with van der Waals surface area (Å²) in [5, 5.41) is 0.604. The van der Waals surface area contributed by atoms with E-state index in [1.165, 1.54) is 4.31 Å². The Kier molecular flexibility index (Phi) is 4.98. The first-order valence-electron chi connectivity index (χ1n) is 6.69. The van der Waals surface area contributed by atoms with Crippen LogP contribution in [0.15, 0.2) is 11.0 Å². The number of carbonyl (C=O) groups excluding carboxylic acids is 1. The normalized spacial score (nSPS) is 17.9. The highest BCUT2D eigenvalue weighted by atomic mass is 35.5. The van der Waals surface area contributed by atoms with Crippen molar-refractivity contribution in [3.05, 3.63) is 27.2 Å². The zero-order chi connectivity index (χ0) is 15.8. The first kappa shape index (κ1) is 16.7. The van der Waals surface area contributed by atoms with Crippen molar-refractivity contribution in [2.75, 3.05) is 13.1 Å². The van der Waals surface area contributed by atoms with Crippen LogP contribution in [0.25, 0.3) is 0 Å². The van der Waals surface area contributed by atoms with Crippen molar-refractivity contribution in [2.45, 2.75) is 31.6 Å². The lowest BCUT2D eigenvalue weighted by atomic mass is 10.0. The van der Waals surface area contributed by atoms with Crippen molar-refractivity contribution in [3.63, 3.8) is 0 Å². The Morgan fingerprint density at radius 2 is 1.81 bits per heavy atom. The topological polar surface area (TPSA) is 54.5 Å². The van der Waals surface area contributed by atoms with Gasteiger partial charge in [0, 0.05) is 24.0 Å². The molecule has 1 aliphatic rings. The fourth-order valence-electron chi connectivity index (χ4n) is 2.50. The van der Waals surface area contributed by atoms with Gasteiger partial charge in [0.1, 0.15) is 11.2 Å². The molecule has 0 aromatic heterocycles. The van der Waals surface area contributed by atoms with E-state index < -0.39 is 10.0 Å². The molecule has 2 rings (SSSR count). The van der Waals surface area contributed by atoms with E-state index in [1.54, 1.807) is 19.9 Å². The van der Waals surface area contributed by atoms with Gasteiger partial charge in [-0.1, -0.05) is 23.2 Å². The van der Waals surface area contributed by atoms with Gasteiger partial charge in [-0.3, -0.25) is 0 Å². The summed E-state index contributed by atoms with van der Waals surface area (Å²) in [6, 6.07) is 1.66. The van der Waals surface area contributed by atoms with E-state index in [9.17, 15) is 13.2 Å². The molecule has 1 aromatic rings. The van der Waals surface area contributed by atoms with Crippen molar-refractivity contribution in [1.29, 1.82) is 0 Å². The molecule has 1 aromatic carbocycles. The van der Waals surface area contributed by atoms with E-state index in [2.05, 4.69) is 0 Å². The van der Waals surface area contributed by atoms with Crippen molar-refractivity contribution >= 4 is 39.5 Å². The Bertz CT molecular complexity index is 639. The molecule has 7 heteroatoms. The zero-order valence-electron chi connectivity index (χ0n) is 11.9. The summed E-state index contributed by atoms with van der Waals surface area (Å²) in [6.45, 7) is 4.03. The predicted octanol–water partition coefficient (Wildman–Crippen LogP) is 3.21. The number of sulfonamides is 1. The lowest BCUT2D eigenvalue weighted by molar-refractivity contribution is -0.112. The first-order chi connectivity index (χ1) is 9.78. The van der Waals surface area contributed by atoms with Crippen LogP contribution in [0.1, 0.15) is 24.0 Å². The Balaban J connectivity index is 2.44. The SMILES string of the molecule is Cc1cc(Cl)c(C)c(S(=O)(=O)N2CCC(C=O)CC2)c1Cl. The van der Waals surface area contributed by atoms with Crippen LogP contribution in [0.2, 0.25) is 10.0 Å². The minimum absolute atomic E-state index is 0.0610. The number of hydrogen-bond donors (Lipinski definition) is 0. The molecule has 0 atom stereocenters. The molecule has 0 aliphatic carbocycles. The third-order valence-electron chi connectivity index (χ3n) is 3.88. The Morgan fingerprint density at radius 1 is 1.24 bits per heavy atom. The maximum Gasteiger partial charge on any atom is 0.244 e. The van der Waals surface area contributed by atoms with Crippen LogP contribution >= 0.6 is 23.2 Å². The van der Waals surface area contributed by atoms with Gasteiger partial charge in [-0.05, 0) is 43.9 Å². The molecule has 1 heterocycles. The molecule has 0 spiro atoms. The number of piperidine rings is 1. The van der Waals surface area contributed by atoms with Crippen LogP contribution in [-0.4, -0.2) is 32.1 Å². The monoisotopic (exact) mass is 349 g/mol. The molecule has 0 saturated carbocycles. The molecule has 0 radical (unpaired) electrons. The number of carbonyl (C=O) groups is 1. The third-order valence-corrected chi connectivity index (χ3v) is 6.94. The second-order valence-electron chi connectivity index (χ2n) is 5.32. The lowest BCUT2D eigenvalue weighted by Crippen LogP contribution is -2.39. The van der Waals surface area contributed by atoms with E-state index >= 15 is 0 Å². The average molecular weight is 350 g/mol. The Morgan fingerprint density at radius 3 is 2.33 bits per heavy atom. The van der Waals surface area contributed by atoms with E-state index in [4.69, 9.17) is 23.2 Å². The van der Waals surface area contributed by atoms with Crippen LogP contribution in [0, 0.1) is 19.8 Å². The van der Waals surface area contributed by atoms with Crippen molar-refractivity contribution in [2.24, 2.45) is 5.92 Å². The van der Waals surface area contributed by atoms with Crippen molar-refractivity contribution < 1.29 is 13.2 Å². The largest absolute Gasteiger partial charge is 0.303 e. The molecule has 0 unspecified atom stereocenters. The van der Waals surface area contributed by atoms with Crippen LogP contribution in [0.3, 0.4) is 0 Å². The fourth-order valence-corrected chi connectivity index (χ4v) is 5.14. The summed E-state index contributed by atoms with van der Waals surface area (Å²) < 4.78 is 27.0. The van der Waals surface area contributed by atoms with Crippen LogP contribution < -0.4 is 0 Å². The molecule has 1 saturated heterocycles. The van der Waals surface area contributed by atoms with Gasteiger partial charge in [-0.25, -0.2) is 8.42 Å². The minimum Gasteiger partial charge on any atom is -0.303 e. The molecule has 0 N–H and O–H groups in total. The van der Waals surface area contributed by atoms with E-state index in [0.717, 1.165) is 6.29 Å². The quantitative estimate of drug-likeness (QED) is 0.787. The predicted molar refractivity (Wildman–Crippen MR) is 83.5 cm³/mol. The second-order valence-corrected chi connectivity index (χ2v) is 7.98. The van der Waals surface area contributed by atoms with Gasteiger partial charge in [-0.2, -0.15) is 4.31 Å². The maximum absolute atomic E-state index is 12.8. The third kappa shape index (κ3) is 3.11. The fraction of sp³-hybridized carbons (Fsp3) is 0.500. The molecule has 4 nitrogen and oxygen atoms in total. The van der Waals surface area contributed by atoms with Gasteiger partial charge in [0.25, 0.3) is 0 Å². The smallest absolute Gasteiger partial charge is 0.244 e. The highest BCUT2D eigenvalue weighted by Crippen LogP contribution is 2.36. The van der Waals surface area contributed by atoms with E-state index in [-0.39, 0.29) is 15.8 Å². The number of nitrogens with zero attached hydrogens (tertiary/aromatic N) is 1. The van der Waals surface area contributed by atoms with Crippen LogP contribution in [-0.2, 0) is 14.8 Å². The standard InChI is InChI=1S/C14H17Cl2NO3S/c1-9-7-12(15)10(2)14(13(9)16)21(19,20)17-5-3-11(8-18)4-6-17/h7-8,11H,3-6H2,1-2H3. The van der Waals surface area contributed by atoms with E-state index in [0.29, 0.717) is 42.1 Å². The summed E-state index contributed by atoms with van der Waals surface area (Å²) in [4.78, 5) is 10.9. The number of hydrogen-bond acceptors (Lipinski definition) is 3. The molecule has 0 amide bonds. The first-order valence-corrected chi connectivity index (χ1v) is 8.89. The van der Waals surface area contributed by atoms with Gasteiger partial charge < -0.3 is 4.79 Å². The summed E-state index contributed by atoms with van der Waals surface area (Å²) >= 11 is 12.3. The molecular formula is C14H17Cl2NO3S. The highest BCUT2D eigenvalue weighted by Gasteiger charge is 2.33. The Hall–Kier alpha value is -0.620. The maximum atomic E-state index is 12.8. The molecule has 1 fully saturated rings. The number of benzene rings is 1. The number of rotatable bonds is 3. The molecule has 0 bridgehead atoms. The van der Waals surface area contributed by atoms with Gasteiger partial charge in [0.15, 0.2) is 0 Å². The van der Waals surface area contributed by atoms with Crippen molar-refractivity contribution in [1.82, 2.24) is 4.31 Å². The van der Waals surface area contributed by atoms with Gasteiger partial charge in [0.05, 0.1) is 5.02 Å². The zero-order valence-corrected chi connectivity index (χ0v) is 14.2. The minimum atomic E-state index is -3.70. The summed E-state index contributed by atoms with van der Waals surface area (Å²) in [5.41, 5.74) is 1.10. The summed E-state index contributed by atoms with van der Waals surface area (Å²) in [7, 11) is -3.70. The van der Waals surface area contributed by atoms with Gasteiger partial charge >= 0.3 is 0 Å². The molecule has 21 heavy (non-hydrogen) atoms. The highest BCUT2D eigenvalue weighted by molar-refractivity contribution is 7.89. The summed E-state index contributed by atoms with van der Waals surface area (Å²) in [6.07, 6.45) is 1.98. The summed E-state index contributed by atoms with van der Waals surface area (Å²) in [5.74, 6) is -0.0610. The van der Waals surface area contributed by atoms with Crippen molar-refractivity contribution in [3.8, 4) is 0 Å². The number of aryl methyl sites for hydroxylation is 1. The van der Waals surface area contributed by atoms with Gasteiger partial charge in [-0.15, -0.1) is 0 Å². The Labute approximate surface area is 135 Å². The van der Waals surface area contributed by atoms with Gasteiger partial charge in [0.2, 0.25) is 10.0 Å². The molecule has 116 valence electrons. The van der Waals surface area contributed by atoms with Crippen LogP contribution in [0.5, 0.6) is 0 Å². The molecule has 1 aliphatic heterocycles. The lowest BCUT2D eigenvalue weighted by Gasteiger charge is -2.30.